The van der Waals surface area contributed by atoms with Crippen LogP contribution in [0.1, 0.15) is 16.1 Å². The number of hydrogen-bond acceptors (Lipinski definition) is 2. The number of benzene rings is 1. The van der Waals surface area contributed by atoms with E-state index >= 15 is 0 Å². The highest BCUT2D eigenvalue weighted by atomic mass is 35.5. The fraction of sp³-hybridized carbons (Fsp3) is 0.125. The summed E-state index contributed by atoms with van der Waals surface area (Å²) in [5.74, 6) is -0.104. The van der Waals surface area contributed by atoms with Crippen LogP contribution in [0.25, 0.3) is 5.65 Å². The molecule has 106 valence electrons. The molecule has 0 fully saturated rings. The molecule has 5 heteroatoms. The summed E-state index contributed by atoms with van der Waals surface area (Å²) in [6, 6.07) is 13.1. The Morgan fingerprint density at radius 1 is 1.19 bits per heavy atom. The molecule has 3 aromatic rings. The molecular formula is C16H14ClN3O. The van der Waals surface area contributed by atoms with Gasteiger partial charge in [0.05, 0.1) is 0 Å². The third-order valence-corrected chi connectivity index (χ3v) is 3.53. The van der Waals surface area contributed by atoms with E-state index < -0.39 is 0 Å². The van der Waals surface area contributed by atoms with Crippen molar-refractivity contribution in [3.8, 4) is 0 Å². The Morgan fingerprint density at radius 2 is 2.00 bits per heavy atom. The summed E-state index contributed by atoms with van der Waals surface area (Å²) in [4.78, 5) is 16.4. The van der Waals surface area contributed by atoms with Gasteiger partial charge in [-0.15, -0.1) is 0 Å². The number of fused-ring (bicyclic) bond motifs is 1. The van der Waals surface area contributed by atoms with Gasteiger partial charge in [0.1, 0.15) is 11.3 Å². The van der Waals surface area contributed by atoms with E-state index in [-0.39, 0.29) is 5.91 Å². The van der Waals surface area contributed by atoms with Gasteiger partial charge >= 0.3 is 0 Å². The minimum Gasteiger partial charge on any atom is -0.350 e. The second-order valence-electron chi connectivity index (χ2n) is 4.70. The summed E-state index contributed by atoms with van der Waals surface area (Å²) in [7, 11) is 0. The van der Waals surface area contributed by atoms with Crippen LogP contribution in [0, 0.1) is 0 Å². The number of carbonyl (C=O) groups is 1. The molecule has 2 heterocycles. The first-order chi connectivity index (χ1) is 10.2. The molecule has 0 radical (unpaired) electrons. The number of imidazole rings is 1. The molecule has 0 saturated carbocycles. The van der Waals surface area contributed by atoms with Crippen LogP contribution in [-0.2, 0) is 6.42 Å². The molecule has 0 aliphatic rings. The molecule has 1 N–H and O–H groups in total. The summed E-state index contributed by atoms with van der Waals surface area (Å²) in [5, 5.41) is 3.64. The topological polar surface area (TPSA) is 46.4 Å². The maximum Gasteiger partial charge on any atom is 0.268 e. The summed E-state index contributed by atoms with van der Waals surface area (Å²) < 4.78 is 1.78. The van der Waals surface area contributed by atoms with E-state index in [1.165, 1.54) is 0 Å². The third-order valence-electron chi connectivity index (χ3n) is 3.27. The van der Waals surface area contributed by atoms with Gasteiger partial charge in [-0.1, -0.05) is 29.8 Å². The van der Waals surface area contributed by atoms with Gasteiger partial charge < -0.3 is 5.32 Å². The van der Waals surface area contributed by atoms with Crippen molar-refractivity contribution in [1.82, 2.24) is 14.7 Å². The Kier molecular flexibility index (Phi) is 3.88. The van der Waals surface area contributed by atoms with Gasteiger partial charge in [-0.05, 0) is 36.2 Å². The van der Waals surface area contributed by atoms with Crippen LogP contribution < -0.4 is 5.32 Å². The normalized spacial score (nSPS) is 10.7. The zero-order valence-corrected chi connectivity index (χ0v) is 12.0. The lowest BCUT2D eigenvalue weighted by molar-refractivity contribution is 0.0948. The van der Waals surface area contributed by atoms with Gasteiger partial charge in [-0.2, -0.15) is 0 Å². The molecule has 0 spiro atoms. The maximum atomic E-state index is 12.2. The predicted molar refractivity (Wildman–Crippen MR) is 82.7 cm³/mol. The van der Waals surface area contributed by atoms with Crippen LogP contribution in [0.5, 0.6) is 0 Å². The zero-order valence-electron chi connectivity index (χ0n) is 11.3. The lowest BCUT2D eigenvalue weighted by atomic mass is 10.1. The van der Waals surface area contributed by atoms with Crippen molar-refractivity contribution >= 4 is 23.2 Å². The minimum absolute atomic E-state index is 0.104. The first kappa shape index (κ1) is 13.6. The molecule has 3 rings (SSSR count). The average Bonchev–Trinajstić information content (AvgIpc) is 2.97. The van der Waals surface area contributed by atoms with E-state index in [4.69, 9.17) is 11.6 Å². The molecule has 0 unspecified atom stereocenters. The van der Waals surface area contributed by atoms with Crippen LogP contribution in [0.2, 0.25) is 5.02 Å². The number of pyridine rings is 1. The number of hydrogen-bond donors (Lipinski definition) is 1. The minimum atomic E-state index is -0.104. The van der Waals surface area contributed by atoms with E-state index in [9.17, 15) is 4.79 Å². The van der Waals surface area contributed by atoms with Crippen LogP contribution in [0.3, 0.4) is 0 Å². The van der Waals surface area contributed by atoms with Crippen LogP contribution >= 0.6 is 11.6 Å². The number of nitrogens with one attached hydrogen (secondary N) is 1. The van der Waals surface area contributed by atoms with Crippen molar-refractivity contribution in [2.24, 2.45) is 0 Å². The van der Waals surface area contributed by atoms with Crippen molar-refractivity contribution in [2.45, 2.75) is 6.42 Å². The number of aromatic nitrogens is 2. The summed E-state index contributed by atoms with van der Waals surface area (Å²) in [6.45, 7) is 0.575. The van der Waals surface area contributed by atoms with Crippen LogP contribution in [0.4, 0.5) is 0 Å². The lowest BCUT2D eigenvalue weighted by Crippen LogP contribution is -2.27. The quantitative estimate of drug-likeness (QED) is 0.805. The van der Waals surface area contributed by atoms with Crippen LogP contribution in [0.15, 0.2) is 54.9 Å². The Hall–Kier alpha value is -2.33. The Labute approximate surface area is 127 Å². The van der Waals surface area contributed by atoms with Crippen molar-refractivity contribution < 1.29 is 4.79 Å². The number of nitrogens with zero attached hydrogens (tertiary/aromatic N) is 2. The standard InChI is InChI=1S/C16H14ClN3O/c17-13-6-4-12(5-7-13)8-9-19-16(21)14-2-1-3-15-18-10-11-20(14)15/h1-7,10-11H,8-9H2,(H,19,21). The van der Waals surface area contributed by atoms with Crippen molar-refractivity contribution in [3.05, 3.63) is 71.1 Å². The van der Waals surface area contributed by atoms with Gasteiger partial charge in [-0.25, -0.2) is 4.98 Å². The molecule has 0 aliphatic carbocycles. The van der Waals surface area contributed by atoms with Gasteiger partial charge in [0.15, 0.2) is 0 Å². The van der Waals surface area contributed by atoms with Gasteiger partial charge in [-0.3, -0.25) is 9.20 Å². The van der Waals surface area contributed by atoms with E-state index in [1.807, 2.05) is 36.4 Å². The van der Waals surface area contributed by atoms with E-state index in [1.54, 1.807) is 22.9 Å². The Balaban J connectivity index is 1.64. The molecule has 0 aliphatic heterocycles. The molecule has 2 aromatic heterocycles. The molecule has 1 amide bonds. The molecular weight excluding hydrogens is 286 g/mol. The summed E-state index contributed by atoms with van der Waals surface area (Å²) in [6.07, 6.45) is 4.23. The van der Waals surface area contributed by atoms with E-state index in [0.29, 0.717) is 12.2 Å². The fourth-order valence-corrected chi connectivity index (χ4v) is 2.32. The predicted octanol–water partition coefficient (Wildman–Crippen LogP) is 2.96. The first-order valence-electron chi connectivity index (χ1n) is 6.69. The van der Waals surface area contributed by atoms with Crippen molar-refractivity contribution in [3.63, 3.8) is 0 Å². The van der Waals surface area contributed by atoms with Gasteiger partial charge in [0.2, 0.25) is 0 Å². The molecule has 4 nitrogen and oxygen atoms in total. The molecule has 0 bridgehead atoms. The molecule has 1 aromatic carbocycles. The highest BCUT2D eigenvalue weighted by molar-refractivity contribution is 6.30. The Bertz CT molecular complexity index is 765. The SMILES string of the molecule is O=C(NCCc1ccc(Cl)cc1)c1cccc2nccn12. The smallest absolute Gasteiger partial charge is 0.268 e. The van der Waals surface area contributed by atoms with Crippen molar-refractivity contribution in [1.29, 1.82) is 0 Å². The summed E-state index contributed by atoms with van der Waals surface area (Å²) in [5.41, 5.74) is 2.49. The number of carbonyl (C=O) groups excluding carboxylic acids is 1. The third kappa shape index (κ3) is 3.06. The van der Waals surface area contributed by atoms with Crippen LogP contribution in [-0.4, -0.2) is 21.8 Å². The van der Waals surface area contributed by atoms with Gasteiger partial charge in [0.25, 0.3) is 5.91 Å². The van der Waals surface area contributed by atoms with E-state index in [2.05, 4.69) is 10.3 Å². The number of halogens is 1. The van der Waals surface area contributed by atoms with E-state index in [0.717, 1.165) is 22.7 Å². The lowest BCUT2D eigenvalue weighted by Gasteiger charge is -2.07. The number of amides is 1. The first-order valence-corrected chi connectivity index (χ1v) is 7.06. The maximum absolute atomic E-state index is 12.2. The molecule has 0 atom stereocenters. The van der Waals surface area contributed by atoms with Crippen molar-refractivity contribution in [2.75, 3.05) is 6.54 Å². The molecule has 0 saturated heterocycles. The Morgan fingerprint density at radius 3 is 2.81 bits per heavy atom. The summed E-state index contributed by atoms with van der Waals surface area (Å²) >= 11 is 5.84. The molecule has 21 heavy (non-hydrogen) atoms. The average molecular weight is 300 g/mol. The second kappa shape index (κ2) is 5.97. The zero-order chi connectivity index (χ0) is 14.7. The largest absolute Gasteiger partial charge is 0.350 e. The van der Waals surface area contributed by atoms with Gasteiger partial charge in [0, 0.05) is 24.0 Å². The second-order valence-corrected chi connectivity index (χ2v) is 5.14. The highest BCUT2D eigenvalue weighted by Crippen LogP contribution is 2.10. The number of rotatable bonds is 4. The highest BCUT2D eigenvalue weighted by Gasteiger charge is 2.09. The monoisotopic (exact) mass is 299 g/mol. The fourth-order valence-electron chi connectivity index (χ4n) is 2.19.